The predicted molar refractivity (Wildman–Crippen MR) is 163 cm³/mol. The SMILES string of the molecule is COC(=O)CCC1(C(=O)OC)N=CN(CCc2ccccc2)C1CC1CCC(C(c2ccc(Cl)cc2)N(C)C)CC1. The van der Waals surface area contributed by atoms with Gasteiger partial charge in [-0.1, -0.05) is 66.9 Å². The Morgan fingerprint density at radius 2 is 1.71 bits per heavy atom. The number of halogens is 1. The Morgan fingerprint density at radius 3 is 2.32 bits per heavy atom. The predicted octanol–water partition coefficient (Wildman–Crippen LogP) is 5.96. The van der Waals surface area contributed by atoms with Gasteiger partial charge >= 0.3 is 11.9 Å². The lowest BCUT2D eigenvalue weighted by atomic mass is 9.72. The van der Waals surface area contributed by atoms with E-state index in [0.717, 1.165) is 50.1 Å². The number of hydrogen-bond donors (Lipinski definition) is 0. The van der Waals surface area contributed by atoms with E-state index in [-0.39, 0.29) is 30.8 Å². The van der Waals surface area contributed by atoms with Crippen molar-refractivity contribution >= 4 is 29.9 Å². The van der Waals surface area contributed by atoms with Crippen LogP contribution in [0.5, 0.6) is 0 Å². The number of hydrogen-bond acceptors (Lipinski definition) is 7. The van der Waals surface area contributed by atoms with Crippen LogP contribution < -0.4 is 0 Å². The summed E-state index contributed by atoms with van der Waals surface area (Å²) >= 11 is 6.17. The van der Waals surface area contributed by atoms with E-state index in [4.69, 9.17) is 26.1 Å². The van der Waals surface area contributed by atoms with E-state index in [1.54, 1.807) is 0 Å². The molecule has 1 aliphatic heterocycles. The van der Waals surface area contributed by atoms with E-state index in [1.807, 2.05) is 36.7 Å². The van der Waals surface area contributed by atoms with Gasteiger partial charge in [0.25, 0.3) is 0 Å². The van der Waals surface area contributed by atoms with Gasteiger partial charge in [-0.15, -0.1) is 0 Å². The number of rotatable bonds is 12. The molecule has 0 spiro atoms. The molecule has 2 aromatic carbocycles. The lowest BCUT2D eigenvalue weighted by Gasteiger charge is -2.41. The van der Waals surface area contributed by atoms with E-state index in [2.05, 4.69) is 48.2 Å². The number of esters is 2. The van der Waals surface area contributed by atoms with Crippen molar-refractivity contribution in [1.82, 2.24) is 9.80 Å². The van der Waals surface area contributed by atoms with Crippen LogP contribution in [0.3, 0.4) is 0 Å². The number of nitrogens with zero attached hydrogens (tertiary/aromatic N) is 3. The second-order valence-electron chi connectivity index (χ2n) is 11.7. The third-order valence-corrected chi connectivity index (χ3v) is 9.28. The third-order valence-electron chi connectivity index (χ3n) is 9.03. The highest BCUT2D eigenvalue weighted by molar-refractivity contribution is 6.30. The summed E-state index contributed by atoms with van der Waals surface area (Å²) in [4.78, 5) is 34.9. The van der Waals surface area contributed by atoms with Gasteiger partial charge < -0.3 is 19.3 Å². The molecule has 0 N–H and O–H groups in total. The molecule has 1 aliphatic carbocycles. The first-order valence-corrected chi connectivity index (χ1v) is 15.1. The van der Waals surface area contributed by atoms with Crippen molar-refractivity contribution in [1.29, 1.82) is 0 Å². The van der Waals surface area contributed by atoms with Gasteiger partial charge in [0, 0.05) is 24.0 Å². The summed E-state index contributed by atoms with van der Waals surface area (Å²) in [5, 5.41) is 0.756. The molecular formula is C33H44ClN3O4. The maximum atomic E-state index is 13.4. The van der Waals surface area contributed by atoms with E-state index in [9.17, 15) is 9.59 Å². The highest BCUT2D eigenvalue weighted by Gasteiger charge is 2.52. The molecule has 2 aliphatic rings. The number of aliphatic imine (C=N–C) groups is 1. The van der Waals surface area contributed by atoms with Gasteiger partial charge in [0.1, 0.15) is 0 Å². The fourth-order valence-electron chi connectivity index (χ4n) is 6.87. The highest BCUT2D eigenvalue weighted by atomic mass is 35.5. The molecule has 1 heterocycles. The van der Waals surface area contributed by atoms with E-state index in [1.165, 1.54) is 25.3 Å². The second kappa shape index (κ2) is 14.3. The fraction of sp³-hybridized carbons (Fsp3) is 0.545. The zero-order chi connectivity index (χ0) is 29.4. The van der Waals surface area contributed by atoms with Crippen LogP contribution in [0.2, 0.25) is 5.02 Å². The molecule has 0 aromatic heterocycles. The van der Waals surface area contributed by atoms with Gasteiger partial charge in [0.15, 0.2) is 5.54 Å². The number of carbonyl (C=O) groups excluding carboxylic acids is 2. The molecule has 222 valence electrons. The highest BCUT2D eigenvalue weighted by Crippen LogP contribution is 2.44. The quantitative estimate of drug-likeness (QED) is 0.288. The molecule has 1 saturated carbocycles. The van der Waals surface area contributed by atoms with Gasteiger partial charge in [0.05, 0.1) is 26.6 Å². The molecular weight excluding hydrogens is 538 g/mol. The maximum Gasteiger partial charge on any atom is 0.335 e. The van der Waals surface area contributed by atoms with Crippen molar-refractivity contribution in [3.63, 3.8) is 0 Å². The molecule has 0 bridgehead atoms. The first-order valence-electron chi connectivity index (χ1n) is 14.7. The normalized spacial score (nSPS) is 24.8. The fourth-order valence-corrected chi connectivity index (χ4v) is 6.99. The zero-order valence-corrected chi connectivity index (χ0v) is 25.6. The molecule has 41 heavy (non-hydrogen) atoms. The Balaban J connectivity index is 1.50. The number of benzene rings is 2. The monoisotopic (exact) mass is 581 g/mol. The lowest BCUT2D eigenvalue weighted by molar-refractivity contribution is -0.150. The summed E-state index contributed by atoms with van der Waals surface area (Å²) in [5.74, 6) is 0.268. The molecule has 3 unspecified atom stereocenters. The Bertz CT molecular complexity index is 1160. The molecule has 7 nitrogen and oxygen atoms in total. The van der Waals surface area contributed by atoms with Crippen LogP contribution in [0, 0.1) is 11.8 Å². The molecule has 0 saturated heterocycles. The summed E-state index contributed by atoms with van der Waals surface area (Å²) in [6, 6.07) is 18.7. The second-order valence-corrected chi connectivity index (χ2v) is 12.1. The van der Waals surface area contributed by atoms with Crippen molar-refractivity contribution in [2.24, 2.45) is 16.8 Å². The summed E-state index contributed by atoms with van der Waals surface area (Å²) in [6.45, 7) is 0.740. The van der Waals surface area contributed by atoms with Crippen molar-refractivity contribution in [2.45, 2.75) is 69.0 Å². The average Bonchev–Trinajstić information content (AvgIpc) is 3.34. The van der Waals surface area contributed by atoms with Gasteiger partial charge in [-0.2, -0.15) is 0 Å². The molecule has 1 fully saturated rings. The molecule has 0 radical (unpaired) electrons. The largest absolute Gasteiger partial charge is 0.469 e. The van der Waals surface area contributed by atoms with Gasteiger partial charge in [0.2, 0.25) is 0 Å². The van der Waals surface area contributed by atoms with Gasteiger partial charge in [-0.05, 0) is 81.3 Å². The van der Waals surface area contributed by atoms with E-state index >= 15 is 0 Å². The Morgan fingerprint density at radius 1 is 1.02 bits per heavy atom. The lowest BCUT2D eigenvalue weighted by Crippen LogP contribution is -2.53. The number of ether oxygens (including phenoxy) is 2. The molecule has 0 amide bonds. The maximum absolute atomic E-state index is 13.4. The zero-order valence-electron chi connectivity index (χ0n) is 24.8. The van der Waals surface area contributed by atoms with Crippen LogP contribution in [-0.2, 0) is 25.5 Å². The van der Waals surface area contributed by atoms with Crippen molar-refractivity contribution < 1.29 is 19.1 Å². The van der Waals surface area contributed by atoms with Crippen LogP contribution in [-0.4, -0.2) is 74.5 Å². The van der Waals surface area contributed by atoms with Crippen LogP contribution in [0.15, 0.2) is 59.6 Å². The van der Waals surface area contributed by atoms with Crippen molar-refractivity contribution in [3.8, 4) is 0 Å². The summed E-state index contributed by atoms with van der Waals surface area (Å²) in [6.07, 6.45) is 8.26. The number of carbonyl (C=O) groups is 2. The summed E-state index contributed by atoms with van der Waals surface area (Å²) in [7, 11) is 7.08. The van der Waals surface area contributed by atoms with E-state index < -0.39 is 5.54 Å². The first kappa shape index (κ1) is 31.0. The third kappa shape index (κ3) is 7.49. The van der Waals surface area contributed by atoms with Crippen molar-refractivity contribution in [3.05, 3.63) is 70.7 Å². The number of methoxy groups -OCH3 is 2. The van der Waals surface area contributed by atoms with E-state index in [0.29, 0.717) is 17.9 Å². The summed E-state index contributed by atoms with van der Waals surface area (Å²) < 4.78 is 10.2. The summed E-state index contributed by atoms with van der Waals surface area (Å²) in [5.41, 5.74) is 1.42. The van der Waals surface area contributed by atoms with Gasteiger partial charge in [-0.3, -0.25) is 9.79 Å². The minimum atomic E-state index is -1.12. The van der Waals surface area contributed by atoms with Crippen LogP contribution in [0.1, 0.15) is 62.1 Å². The molecule has 3 atom stereocenters. The Hall–Kier alpha value is -2.90. The minimum absolute atomic E-state index is 0.115. The molecule has 2 aromatic rings. The van der Waals surface area contributed by atoms with Gasteiger partial charge in [-0.25, -0.2) is 4.79 Å². The topological polar surface area (TPSA) is 71.4 Å². The first-order chi connectivity index (χ1) is 19.8. The average molecular weight is 582 g/mol. The Labute approximate surface area is 249 Å². The van der Waals surface area contributed by atoms with Crippen molar-refractivity contribution in [2.75, 3.05) is 34.9 Å². The minimum Gasteiger partial charge on any atom is -0.469 e. The standard InChI is InChI=1S/C33H44ClN3O4/c1-36(2)31(27-14-16-28(34)17-15-27)26-12-10-25(11-13-26)22-29-33(32(39)41-4,20-18-30(38)40-3)35-23-37(29)21-19-24-8-6-5-7-9-24/h5-9,14-17,23,25-26,29,31H,10-13,18-22H2,1-4H3. The van der Waals surface area contributed by atoms with Crippen LogP contribution in [0.25, 0.3) is 0 Å². The molecule has 8 heteroatoms. The molecule has 4 rings (SSSR count). The van der Waals surface area contributed by atoms with Crippen LogP contribution >= 0.6 is 11.6 Å². The Kier molecular flexibility index (Phi) is 10.8. The smallest absolute Gasteiger partial charge is 0.335 e. The van der Waals surface area contributed by atoms with Crippen LogP contribution in [0.4, 0.5) is 0 Å².